The van der Waals surface area contributed by atoms with Crippen molar-refractivity contribution in [3.05, 3.63) is 57.8 Å². The monoisotopic (exact) mass is 357 g/mol. The molecule has 1 atom stereocenters. The molecule has 2 heterocycles. The summed E-state index contributed by atoms with van der Waals surface area (Å²) >= 11 is 0. The molecular weight excluding hydrogens is 338 g/mol. The Hall–Kier alpha value is -3.34. The zero-order chi connectivity index (χ0) is 19.3. The Morgan fingerprint density at radius 2 is 1.88 bits per heavy atom. The highest BCUT2D eigenvalue weighted by atomic mass is 16.5. The quantitative estimate of drug-likeness (QED) is 0.478. The number of hydrogen-bond acceptors (Lipinski definition) is 7. The van der Waals surface area contributed by atoms with Gasteiger partial charge in [0.15, 0.2) is 12.4 Å². The van der Waals surface area contributed by atoms with Crippen LogP contribution in [0.1, 0.15) is 32.3 Å². The van der Waals surface area contributed by atoms with Crippen LogP contribution in [0.15, 0.2) is 47.1 Å². The normalized spacial score (nSPS) is 16.6. The molecule has 8 heteroatoms. The highest BCUT2D eigenvalue weighted by molar-refractivity contribution is 6.00. The van der Waals surface area contributed by atoms with Crippen molar-refractivity contribution in [2.24, 2.45) is 0 Å². The number of rotatable bonds is 5. The molecule has 2 rings (SSSR count). The van der Waals surface area contributed by atoms with Gasteiger partial charge in [0.2, 0.25) is 0 Å². The van der Waals surface area contributed by atoms with Crippen LogP contribution in [0.5, 0.6) is 0 Å². The van der Waals surface area contributed by atoms with Crippen LogP contribution in [-0.4, -0.2) is 25.2 Å². The van der Waals surface area contributed by atoms with Crippen LogP contribution >= 0.6 is 0 Å². The van der Waals surface area contributed by atoms with Crippen LogP contribution in [0, 0.1) is 16.5 Å². The zero-order valence-electron chi connectivity index (χ0n) is 14.7. The predicted molar refractivity (Wildman–Crippen MR) is 89.9 cm³/mol. The second-order valence-corrected chi connectivity index (χ2v) is 5.44. The SMILES string of the molecule is CCOC(=O)C1=C(C)NC(C#N)=C(C(=O)OCC)C1c1ccc[n+]([O-])c1. The maximum atomic E-state index is 12.5. The Balaban J connectivity index is 2.71. The molecular formula is C18H19N3O5. The lowest BCUT2D eigenvalue weighted by molar-refractivity contribution is -0.605. The van der Waals surface area contributed by atoms with E-state index >= 15 is 0 Å². The predicted octanol–water partition coefficient (Wildman–Crippen LogP) is 1.18. The number of pyridine rings is 1. The third kappa shape index (κ3) is 3.67. The Bertz CT molecular complexity index is 835. The number of esters is 2. The van der Waals surface area contributed by atoms with Crippen LogP contribution in [0.4, 0.5) is 0 Å². The van der Waals surface area contributed by atoms with Gasteiger partial charge in [0.1, 0.15) is 11.8 Å². The van der Waals surface area contributed by atoms with E-state index in [2.05, 4.69) is 5.32 Å². The second-order valence-electron chi connectivity index (χ2n) is 5.44. The van der Waals surface area contributed by atoms with Gasteiger partial charge in [0, 0.05) is 17.3 Å². The molecule has 1 N–H and O–H groups in total. The molecule has 0 radical (unpaired) electrons. The summed E-state index contributed by atoms with van der Waals surface area (Å²) < 4.78 is 10.7. The first-order chi connectivity index (χ1) is 12.4. The summed E-state index contributed by atoms with van der Waals surface area (Å²) in [5, 5.41) is 24.0. The first-order valence-electron chi connectivity index (χ1n) is 8.09. The number of allylic oxidation sites excluding steroid dienone is 2. The number of carbonyl (C=O) groups excluding carboxylic acids is 2. The second kappa shape index (κ2) is 8.16. The number of ether oxygens (including phenoxy) is 2. The maximum Gasteiger partial charge on any atom is 0.337 e. The third-order valence-electron chi connectivity index (χ3n) is 3.80. The van der Waals surface area contributed by atoms with Crippen molar-refractivity contribution in [2.45, 2.75) is 26.7 Å². The molecule has 0 saturated heterocycles. The van der Waals surface area contributed by atoms with E-state index in [4.69, 9.17) is 9.47 Å². The number of dihydropyridines is 1. The highest BCUT2D eigenvalue weighted by Gasteiger charge is 2.40. The number of carbonyl (C=O) groups is 2. The van der Waals surface area contributed by atoms with Crippen molar-refractivity contribution in [3.8, 4) is 6.07 Å². The summed E-state index contributed by atoms with van der Waals surface area (Å²) in [6, 6.07) is 5.03. The van der Waals surface area contributed by atoms with Gasteiger partial charge in [-0.3, -0.25) is 0 Å². The molecule has 0 aliphatic carbocycles. The smallest absolute Gasteiger partial charge is 0.337 e. The molecule has 0 fully saturated rings. The zero-order valence-corrected chi connectivity index (χ0v) is 14.7. The molecule has 8 nitrogen and oxygen atoms in total. The Morgan fingerprint density at radius 3 is 2.42 bits per heavy atom. The summed E-state index contributed by atoms with van der Waals surface area (Å²) in [6.45, 7) is 5.14. The molecule has 1 aliphatic heterocycles. The molecule has 0 saturated carbocycles. The Morgan fingerprint density at radius 1 is 1.27 bits per heavy atom. The summed E-state index contributed by atoms with van der Waals surface area (Å²) in [4.78, 5) is 25.1. The number of aromatic nitrogens is 1. The topological polar surface area (TPSA) is 115 Å². The van der Waals surface area contributed by atoms with Crippen molar-refractivity contribution in [1.82, 2.24) is 5.32 Å². The van der Waals surface area contributed by atoms with Crippen molar-refractivity contribution in [3.63, 3.8) is 0 Å². The fourth-order valence-electron chi connectivity index (χ4n) is 2.80. The van der Waals surface area contributed by atoms with E-state index in [-0.39, 0.29) is 30.1 Å². The van der Waals surface area contributed by atoms with Gasteiger partial charge in [-0.1, -0.05) is 0 Å². The minimum atomic E-state index is -0.953. The molecule has 0 amide bonds. The van der Waals surface area contributed by atoms with Gasteiger partial charge < -0.3 is 20.0 Å². The minimum absolute atomic E-state index is 0.0275. The highest BCUT2D eigenvalue weighted by Crippen LogP contribution is 2.38. The first kappa shape index (κ1) is 19.0. The van der Waals surface area contributed by atoms with Gasteiger partial charge in [0.25, 0.3) is 0 Å². The number of nitriles is 1. The Kier molecular flexibility index (Phi) is 5.96. The van der Waals surface area contributed by atoms with E-state index in [1.165, 1.54) is 18.5 Å². The van der Waals surface area contributed by atoms with Gasteiger partial charge in [-0.2, -0.15) is 9.99 Å². The molecule has 0 aromatic carbocycles. The van der Waals surface area contributed by atoms with E-state index in [1.807, 2.05) is 6.07 Å². The summed E-state index contributed by atoms with van der Waals surface area (Å²) in [5.74, 6) is -2.33. The summed E-state index contributed by atoms with van der Waals surface area (Å²) in [6.07, 6.45) is 2.53. The molecule has 0 spiro atoms. The van der Waals surface area contributed by atoms with Crippen LogP contribution in [0.3, 0.4) is 0 Å². The summed E-state index contributed by atoms with van der Waals surface area (Å²) in [7, 11) is 0. The summed E-state index contributed by atoms with van der Waals surface area (Å²) in [5.41, 5.74) is 0.844. The van der Waals surface area contributed by atoms with Crippen LogP contribution in [0.25, 0.3) is 0 Å². The van der Waals surface area contributed by atoms with Crippen molar-refractivity contribution in [1.29, 1.82) is 5.26 Å². The Labute approximate surface area is 150 Å². The number of hydrogen-bond donors (Lipinski definition) is 1. The molecule has 1 aromatic rings. The number of nitrogens with zero attached hydrogens (tertiary/aromatic N) is 2. The van der Waals surface area contributed by atoms with Crippen molar-refractivity contribution < 1.29 is 23.8 Å². The van der Waals surface area contributed by atoms with Crippen LogP contribution in [0.2, 0.25) is 0 Å². The molecule has 26 heavy (non-hydrogen) atoms. The molecule has 1 aliphatic rings. The van der Waals surface area contributed by atoms with Crippen LogP contribution < -0.4 is 10.0 Å². The van der Waals surface area contributed by atoms with Gasteiger partial charge in [-0.15, -0.1) is 0 Å². The van der Waals surface area contributed by atoms with Crippen molar-refractivity contribution in [2.75, 3.05) is 13.2 Å². The largest absolute Gasteiger partial charge is 0.619 e. The van der Waals surface area contributed by atoms with E-state index in [1.54, 1.807) is 26.8 Å². The van der Waals surface area contributed by atoms with Gasteiger partial charge in [-0.25, -0.2) is 9.59 Å². The molecule has 0 bridgehead atoms. The standard InChI is InChI=1S/C18H19N3O5/c1-4-25-17(22)14-11(3)20-13(9-19)16(18(23)26-5-2)15(14)12-7-6-8-21(24)10-12/h6-8,10,15,20H,4-5H2,1-3H3. The lowest BCUT2D eigenvalue weighted by atomic mass is 9.81. The van der Waals surface area contributed by atoms with E-state index in [0.29, 0.717) is 16.0 Å². The van der Waals surface area contributed by atoms with Gasteiger partial charge in [-0.05, 0) is 26.8 Å². The molecule has 1 unspecified atom stereocenters. The average Bonchev–Trinajstić information content (AvgIpc) is 2.60. The van der Waals surface area contributed by atoms with Crippen LogP contribution in [-0.2, 0) is 19.1 Å². The van der Waals surface area contributed by atoms with E-state index in [0.717, 1.165) is 0 Å². The minimum Gasteiger partial charge on any atom is -0.619 e. The van der Waals surface area contributed by atoms with Gasteiger partial charge in [0.05, 0.1) is 30.3 Å². The van der Waals surface area contributed by atoms with E-state index in [9.17, 15) is 20.1 Å². The molecule has 136 valence electrons. The van der Waals surface area contributed by atoms with Gasteiger partial charge >= 0.3 is 11.9 Å². The lowest BCUT2D eigenvalue weighted by Crippen LogP contribution is -2.34. The van der Waals surface area contributed by atoms with Crippen molar-refractivity contribution >= 4 is 11.9 Å². The fourth-order valence-corrected chi connectivity index (χ4v) is 2.80. The van der Waals surface area contributed by atoms with E-state index < -0.39 is 17.9 Å². The maximum absolute atomic E-state index is 12.5. The molecule has 1 aromatic heterocycles. The number of nitrogens with one attached hydrogen (secondary N) is 1. The lowest BCUT2D eigenvalue weighted by Gasteiger charge is -2.28. The first-order valence-corrected chi connectivity index (χ1v) is 8.09. The third-order valence-corrected chi connectivity index (χ3v) is 3.80. The average molecular weight is 357 g/mol. The fraction of sp³-hybridized carbons (Fsp3) is 0.333.